The highest BCUT2D eigenvalue weighted by Gasteiger charge is 2.17. The van der Waals surface area contributed by atoms with Gasteiger partial charge in [0.15, 0.2) is 0 Å². The summed E-state index contributed by atoms with van der Waals surface area (Å²) in [6, 6.07) is 16.2. The van der Waals surface area contributed by atoms with E-state index in [0.717, 1.165) is 41.2 Å². The Labute approximate surface area is 161 Å². The van der Waals surface area contributed by atoms with E-state index in [1.54, 1.807) is 0 Å². The molecule has 1 N–H and O–H groups in total. The van der Waals surface area contributed by atoms with E-state index in [1.165, 1.54) is 11.1 Å². The number of hydrogen-bond donors (Lipinski definition) is 1. The predicted molar refractivity (Wildman–Crippen MR) is 111 cm³/mol. The highest BCUT2D eigenvalue weighted by Crippen LogP contribution is 2.24. The highest BCUT2D eigenvalue weighted by atomic mass is 16.1. The van der Waals surface area contributed by atoms with Crippen LogP contribution in [0.2, 0.25) is 0 Å². The van der Waals surface area contributed by atoms with Crippen LogP contribution in [0.15, 0.2) is 48.5 Å². The third-order valence-corrected chi connectivity index (χ3v) is 5.04. The summed E-state index contributed by atoms with van der Waals surface area (Å²) in [6.45, 7) is 8.21. The summed E-state index contributed by atoms with van der Waals surface area (Å²) in [5.74, 6) is 0.00408. The maximum Gasteiger partial charge on any atom is 0.228 e. The number of para-hydroxylation sites is 2. The number of aromatic nitrogens is 2. The third kappa shape index (κ3) is 3.95. The SMILES string of the molecule is CCc1cccc(CC)c1NC(=O)Cc1c(C)nn(-c2ccccc2)c1C. The van der Waals surface area contributed by atoms with E-state index in [2.05, 4.69) is 42.5 Å². The lowest BCUT2D eigenvalue weighted by molar-refractivity contribution is -0.115. The summed E-state index contributed by atoms with van der Waals surface area (Å²) >= 11 is 0. The zero-order valence-corrected chi connectivity index (χ0v) is 16.5. The molecule has 27 heavy (non-hydrogen) atoms. The predicted octanol–water partition coefficient (Wildman–Crippen LogP) is 4.80. The lowest BCUT2D eigenvalue weighted by atomic mass is 10.0. The molecule has 0 fully saturated rings. The van der Waals surface area contributed by atoms with Crippen LogP contribution in [0, 0.1) is 13.8 Å². The minimum Gasteiger partial charge on any atom is -0.325 e. The number of carbonyl (C=O) groups excluding carboxylic acids is 1. The molecular formula is C23H27N3O. The Hall–Kier alpha value is -2.88. The van der Waals surface area contributed by atoms with Crippen LogP contribution in [0.3, 0.4) is 0 Å². The molecule has 0 saturated heterocycles. The molecule has 0 aliphatic heterocycles. The molecular weight excluding hydrogens is 334 g/mol. The lowest BCUT2D eigenvalue weighted by Gasteiger charge is -2.14. The summed E-state index contributed by atoms with van der Waals surface area (Å²) < 4.78 is 1.91. The molecule has 0 atom stereocenters. The molecule has 1 amide bonds. The van der Waals surface area contributed by atoms with Crippen molar-refractivity contribution in [3.8, 4) is 5.69 Å². The normalized spacial score (nSPS) is 10.8. The van der Waals surface area contributed by atoms with E-state index in [-0.39, 0.29) is 5.91 Å². The van der Waals surface area contributed by atoms with Crippen LogP contribution in [-0.2, 0) is 24.1 Å². The minimum absolute atomic E-state index is 0.00408. The number of aryl methyl sites for hydroxylation is 3. The molecule has 4 heteroatoms. The van der Waals surface area contributed by atoms with Crippen LogP contribution < -0.4 is 5.32 Å². The second-order valence-electron chi connectivity index (χ2n) is 6.78. The molecule has 0 aliphatic rings. The molecule has 0 aliphatic carbocycles. The van der Waals surface area contributed by atoms with Crippen molar-refractivity contribution in [3.05, 3.63) is 76.6 Å². The van der Waals surface area contributed by atoms with E-state index in [0.29, 0.717) is 6.42 Å². The van der Waals surface area contributed by atoms with Gasteiger partial charge in [-0.2, -0.15) is 5.10 Å². The van der Waals surface area contributed by atoms with E-state index in [9.17, 15) is 4.79 Å². The van der Waals surface area contributed by atoms with Gasteiger partial charge in [-0.25, -0.2) is 4.68 Å². The number of benzene rings is 2. The van der Waals surface area contributed by atoms with E-state index in [4.69, 9.17) is 0 Å². The van der Waals surface area contributed by atoms with Gasteiger partial charge in [0.2, 0.25) is 5.91 Å². The number of carbonyl (C=O) groups is 1. The van der Waals surface area contributed by atoms with E-state index >= 15 is 0 Å². The van der Waals surface area contributed by atoms with Gasteiger partial charge in [0.05, 0.1) is 17.8 Å². The minimum atomic E-state index is 0.00408. The third-order valence-electron chi connectivity index (χ3n) is 5.04. The molecule has 0 spiro atoms. The van der Waals surface area contributed by atoms with Gasteiger partial charge >= 0.3 is 0 Å². The van der Waals surface area contributed by atoms with E-state index < -0.39 is 0 Å². The molecule has 0 saturated carbocycles. The summed E-state index contributed by atoms with van der Waals surface area (Å²) in [6.07, 6.45) is 2.12. The number of rotatable bonds is 6. The lowest BCUT2D eigenvalue weighted by Crippen LogP contribution is -2.17. The summed E-state index contributed by atoms with van der Waals surface area (Å²) in [7, 11) is 0. The summed E-state index contributed by atoms with van der Waals surface area (Å²) in [5, 5.41) is 7.80. The Morgan fingerprint density at radius 3 is 2.19 bits per heavy atom. The molecule has 0 unspecified atom stereocenters. The van der Waals surface area contributed by atoms with Crippen LogP contribution in [-0.4, -0.2) is 15.7 Å². The zero-order chi connectivity index (χ0) is 19.4. The van der Waals surface area contributed by atoms with Crippen molar-refractivity contribution in [1.29, 1.82) is 0 Å². The summed E-state index contributed by atoms with van der Waals surface area (Å²) in [5.41, 5.74) is 7.22. The topological polar surface area (TPSA) is 46.9 Å². The van der Waals surface area contributed by atoms with Gasteiger partial charge in [-0.3, -0.25) is 4.79 Å². The zero-order valence-electron chi connectivity index (χ0n) is 16.5. The van der Waals surface area contributed by atoms with Crippen molar-refractivity contribution in [2.45, 2.75) is 47.0 Å². The maximum absolute atomic E-state index is 12.8. The largest absolute Gasteiger partial charge is 0.325 e. The molecule has 2 aromatic carbocycles. The Morgan fingerprint density at radius 2 is 1.59 bits per heavy atom. The van der Waals surface area contributed by atoms with Gasteiger partial charge in [0.25, 0.3) is 0 Å². The number of anilines is 1. The number of nitrogens with zero attached hydrogens (tertiary/aromatic N) is 2. The second kappa shape index (κ2) is 8.21. The molecule has 3 aromatic rings. The summed E-state index contributed by atoms with van der Waals surface area (Å²) in [4.78, 5) is 12.8. The van der Waals surface area contributed by atoms with Crippen LogP contribution in [0.25, 0.3) is 5.69 Å². The van der Waals surface area contributed by atoms with Crippen LogP contribution in [0.4, 0.5) is 5.69 Å². The molecule has 1 aromatic heterocycles. The van der Waals surface area contributed by atoms with Crippen LogP contribution in [0.5, 0.6) is 0 Å². The van der Waals surface area contributed by atoms with Crippen LogP contribution in [0.1, 0.15) is 41.9 Å². The number of nitrogens with one attached hydrogen (secondary N) is 1. The second-order valence-corrected chi connectivity index (χ2v) is 6.78. The van der Waals surface area contributed by atoms with Crippen molar-refractivity contribution in [2.24, 2.45) is 0 Å². The van der Waals surface area contributed by atoms with Gasteiger partial charge in [0.1, 0.15) is 0 Å². The fourth-order valence-corrected chi connectivity index (χ4v) is 3.50. The molecule has 1 heterocycles. The standard InChI is InChI=1S/C23H27N3O/c1-5-18-11-10-12-19(6-2)23(18)24-22(27)15-21-16(3)25-26(17(21)4)20-13-8-7-9-14-20/h7-14H,5-6,15H2,1-4H3,(H,24,27). The van der Waals surface area contributed by atoms with Crippen molar-refractivity contribution in [3.63, 3.8) is 0 Å². The van der Waals surface area contributed by atoms with Gasteiger partial charge in [-0.05, 0) is 49.9 Å². The first-order valence-corrected chi connectivity index (χ1v) is 9.56. The van der Waals surface area contributed by atoms with E-state index in [1.807, 2.05) is 48.9 Å². The molecule has 140 valence electrons. The average molecular weight is 361 g/mol. The van der Waals surface area contributed by atoms with Crippen LogP contribution >= 0.6 is 0 Å². The number of amides is 1. The fourth-order valence-electron chi connectivity index (χ4n) is 3.50. The molecule has 3 rings (SSSR count). The monoisotopic (exact) mass is 361 g/mol. The Kier molecular flexibility index (Phi) is 5.75. The smallest absolute Gasteiger partial charge is 0.228 e. The molecule has 0 bridgehead atoms. The maximum atomic E-state index is 12.8. The first-order chi connectivity index (χ1) is 13.0. The van der Waals surface area contributed by atoms with Crippen molar-refractivity contribution in [1.82, 2.24) is 9.78 Å². The van der Waals surface area contributed by atoms with Crippen molar-refractivity contribution in [2.75, 3.05) is 5.32 Å². The highest BCUT2D eigenvalue weighted by molar-refractivity contribution is 5.94. The quantitative estimate of drug-likeness (QED) is 0.686. The fraction of sp³-hybridized carbons (Fsp3) is 0.304. The van der Waals surface area contributed by atoms with Gasteiger partial charge < -0.3 is 5.32 Å². The van der Waals surface area contributed by atoms with Crippen molar-refractivity contribution < 1.29 is 4.79 Å². The van der Waals surface area contributed by atoms with Gasteiger partial charge in [-0.1, -0.05) is 50.2 Å². The first kappa shape index (κ1) is 18.9. The Balaban J connectivity index is 1.85. The average Bonchev–Trinajstić information content (AvgIpc) is 2.97. The Morgan fingerprint density at radius 1 is 0.963 bits per heavy atom. The Bertz CT molecular complexity index is 920. The molecule has 4 nitrogen and oxygen atoms in total. The van der Waals surface area contributed by atoms with Gasteiger partial charge in [0, 0.05) is 16.9 Å². The van der Waals surface area contributed by atoms with Crippen molar-refractivity contribution >= 4 is 11.6 Å². The van der Waals surface area contributed by atoms with Gasteiger partial charge in [-0.15, -0.1) is 0 Å². The first-order valence-electron chi connectivity index (χ1n) is 9.56. The molecule has 0 radical (unpaired) electrons. The number of hydrogen-bond acceptors (Lipinski definition) is 2.